The molecule has 25 heavy (non-hydrogen) atoms. The van der Waals surface area contributed by atoms with Gasteiger partial charge < -0.3 is 10.2 Å². The highest BCUT2D eigenvalue weighted by Gasteiger charge is 2.53. The molecule has 148 valence electrons. The maximum Gasteiger partial charge on any atom is 0.211 e. The number of guanidine groups is 1. The quantitative estimate of drug-likeness (QED) is 0.377. The lowest BCUT2D eigenvalue weighted by Crippen LogP contribution is -2.72. The summed E-state index contributed by atoms with van der Waals surface area (Å²) in [6.07, 6.45) is 3.08. The number of nitrogens with one attached hydrogen (secondary N) is 1. The van der Waals surface area contributed by atoms with Crippen LogP contribution < -0.4 is 5.32 Å². The second kappa shape index (κ2) is 8.29. The predicted octanol–water partition coefficient (Wildman–Crippen LogP) is 2.36. The van der Waals surface area contributed by atoms with E-state index >= 15 is 0 Å². The summed E-state index contributed by atoms with van der Waals surface area (Å²) >= 11 is 0. The van der Waals surface area contributed by atoms with E-state index in [4.69, 9.17) is 4.99 Å². The van der Waals surface area contributed by atoms with Gasteiger partial charge >= 0.3 is 0 Å². The maximum absolute atomic E-state index is 11.6. The Labute approximate surface area is 170 Å². The van der Waals surface area contributed by atoms with Crippen LogP contribution in [0.25, 0.3) is 0 Å². The minimum absolute atomic E-state index is 0. The van der Waals surface area contributed by atoms with Crippen molar-refractivity contribution >= 4 is 40.0 Å². The number of rotatable bonds is 4. The number of hydrogen-bond acceptors (Lipinski definition) is 3. The number of nitrogens with zero attached hydrogens (tertiary/aromatic N) is 3. The molecule has 0 bridgehead atoms. The van der Waals surface area contributed by atoms with E-state index in [1.165, 1.54) is 6.26 Å². The zero-order valence-corrected chi connectivity index (χ0v) is 19.6. The average molecular weight is 486 g/mol. The number of halogens is 1. The second-order valence-corrected chi connectivity index (χ2v) is 10.3. The van der Waals surface area contributed by atoms with E-state index in [-0.39, 0.29) is 34.9 Å². The lowest BCUT2D eigenvalue weighted by atomic mass is 9.65. The van der Waals surface area contributed by atoms with E-state index in [2.05, 4.69) is 44.8 Å². The van der Waals surface area contributed by atoms with Crippen molar-refractivity contribution in [3.63, 3.8) is 0 Å². The molecule has 0 aromatic rings. The van der Waals surface area contributed by atoms with Crippen molar-refractivity contribution < 1.29 is 8.42 Å². The van der Waals surface area contributed by atoms with Crippen LogP contribution in [0, 0.1) is 11.3 Å². The standard InChI is InChI=1S/C17H34N4O2S.HI/c1-7-18-15(21-13-16(2,3)17(21,4)5)19-12-14-8-10-20(11-9-14)24(6,22)23;/h14H,7-13H2,1-6H3,(H,18,19);1H. The normalized spacial score (nSPS) is 24.4. The van der Waals surface area contributed by atoms with Crippen LogP contribution in [0.3, 0.4) is 0 Å². The van der Waals surface area contributed by atoms with E-state index in [0.29, 0.717) is 19.0 Å². The smallest absolute Gasteiger partial charge is 0.211 e. The summed E-state index contributed by atoms with van der Waals surface area (Å²) in [5.74, 6) is 1.46. The molecule has 1 N–H and O–H groups in total. The highest BCUT2D eigenvalue weighted by Crippen LogP contribution is 2.46. The van der Waals surface area contributed by atoms with Crippen LogP contribution in [-0.2, 0) is 10.0 Å². The van der Waals surface area contributed by atoms with Gasteiger partial charge in [-0.2, -0.15) is 0 Å². The van der Waals surface area contributed by atoms with Crippen molar-refractivity contribution in [2.45, 2.75) is 53.0 Å². The first kappa shape index (κ1) is 23.0. The molecule has 2 aliphatic rings. The Kier molecular flexibility index (Phi) is 7.61. The molecule has 0 unspecified atom stereocenters. The zero-order valence-electron chi connectivity index (χ0n) is 16.5. The summed E-state index contributed by atoms with van der Waals surface area (Å²) in [5.41, 5.74) is 0.373. The number of piperidine rings is 1. The Morgan fingerprint density at radius 2 is 1.76 bits per heavy atom. The first-order chi connectivity index (χ1) is 11.0. The fourth-order valence-electron chi connectivity index (χ4n) is 3.43. The molecule has 0 radical (unpaired) electrons. The minimum Gasteiger partial charge on any atom is -0.356 e. The van der Waals surface area contributed by atoms with Crippen LogP contribution in [0.15, 0.2) is 4.99 Å². The molecule has 6 nitrogen and oxygen atoms in total. The van der Waals surface area contributed by atoms with Gasteiger partial charge in [0.2, 0.25) is 10.0 Å². The van der Waals surface area contributed by atoms with E-state index < -0.39 is 10.0 Å². The van der Waals surface area contributed by atoms with Gasteiger partial charge in [0.05, 0.1) is 6.26 Å². The van der Waals surface area contributed by atoms with Crippen LogP contribution in [0.5, 0.6) is 0 Å². The lowest BCUT2D eigenvalue weighted by molar-refractivity contribution is -0.0668. The maximum atomic E-state index is 11.6. The first-order valence-electron chi connectivity index (χ1n) is 9.00. The summed E-state index contributed by atoms with van der Waals surface area (Å²) in [4.78, 5) is 7.23. The summed E-state index contributed by atoms with van der Waals surface area (Å²) in [6, 6.07) is 0. The fraction of sp³-hybridized carbons (Fsp3) is 0.941. The minimum atomic E-state index is -3.05. The highest BCUT2D eigenvalue weighted by atomic mass is 127. The Balaban J connectivity index is 0.00000312. The SMILES string of the molecule is CCNC(=NCC1CCN(S(C)(=O)=O)CC1)N1CC(C)(C)C1(C)C.I. The summed E-state index contributed by atoms with van der Waals surface area (Å²) in [7, 11) is -3.05. The molecular formula is C17H35IN4O2S. The molecule has 0 aromatic heterocycles. The Morgan fingerprint density at radius 3 is 2.16 bits per heavy atom. The third-order valence-electron chi connectivity index (χ3n) is 6.02. The van der Waals surface area contributed by atoms with Crippen molar-refractivity contribution in [3.05, 3.63) is 0 Å². The molecule has 0 aliphatic carbocycles. The fourth-order valence-corrected chi connectivity index (χ4v) is 4.31. The number of hydrogen-bond donors (Lipinski definition) is 1. The summed E-state index contributed by atoms with van der Waals surface area (Å²) in [5, 5.41) is 3.42. The molecule has 0 spiro atoms. The monoisotopic (exact) mass is 486 g/mol. The van der Waals surface area contributed by atoms with Gasteiger partial charge in [0.15, 0.2) is 5.96 Å². The molecule has 8 heteroatoms. The molecular weight excluding hydrogens is 451 g/mol. The van der Waals surface area contributed by atoms with Gasteiger partial charge in [-0.25, -0.2) is 12.7 Å². The van der Waals surface area contributed by atoms with Crippen LogP contribution in [0.1, 0.15) is 47.5 Å². The van der Waals surface area contributed by atoms with Crippen LogP contribution in [0.2, 0.25) is 0 Å². The van der Waals surface area contributed by atoms with Crippen LogP contribution in [0.4, 0.5) is 0 Å². The van der Waals surface area contributed by atoms with E-state index in [0.717, 1.165) is 38.4 Å². The van der Waals surface area contributed by atoms with Crippen LogP contribution in [-0.4, -0.2) is 68.1 Å². The van der Waals surface area contributed by atoms with Gasteiger partial charge in [0.25, 0.3) is 0 Å². The summed E-state index contributed by atoms with van der Waals surface area (Å²) in [6.45, 7) is 15.1. The Morgan fingerprint density at radius 1 is 1.20 bits per heavy atom. The van der Waals surface area contributed by atoms with Crippen molar-refractivity contribution in [3.8, 4) is 0 Å². The van der Waals surface area contributed by atoms with Gasteiger partial charge in [0.1, 0.15) is 0 Å². The van der Waals surface area contributed by atoms with Crippen molar-refractivity contribution in [1.82, 2.24) is 14.5 Å². The van der Waals surface area contributed by atoms with E-state index in [1.807, 2.05) is 0 Å². The Bertz CT molecular complexity index is 581. The first-order valence-corrected chi connectivity index (χ1v) is 10.8. The second-order valence-electron chi connectivity index (χ2n) is 8.33. The molecule has 0 aromatic carbocycles. The topological polar surface area (TPSA) is 65.0 Å². The van der Waals surface area contributed by atoms with Gasteiger partial charge in [0, 0.05) is 43.7 Å². The summed E-state index contributed by atoms with van der Waals surface area (Å²) < 4.78 is 24.8. The van der Waals surface area contributed by atoms with Gasteiger partial charge in [-0.1, -0.05) is 13.8 Å². The lowest BCUT2D eigenvalue weighted by Gasteiger charge is -2.62. The molecule has 0 saturated carbocycles. The third kappa shape index (κ3) is 5.00. The molecule has 2 aliphatic heterocycles. The highest BCUT2D eigenvalue weighted by molar-refractivity contribution is 14.0. The van der Waals surface area contributed by atoms with Gasteiger partial charge in [-0.3, -0.25) is 4.99 Å². The molecule has 2 heterocycles. The van der Waals surface area contributed by atoms with Crippen molar-refractivity contribution in [1.29, 1.82) is 0 Å². The molecule has 2 rings (SSSR count). The van der Waals surface area contributed by atoms with Crippen molar-refractivity contribution in [2.24, 2.45) is 16.3 Å². The molecule has 0 atom stereocenters. The molecule has 2 saturated heterocycles. The van der Waals surface area contributed by atoms with Crippen molar-refractivity contribution in [2.75, 3.05) is 39.0 Å². The average Bonchev–Trinajstić information content (AvgIpc) is 2.49. The van der Waals surface area contributed by atoms with Crippen LogP contribution >= 0.6 is 24.0 Å². The van der Waals surface area contributed by atoms with Gasteiger partial charge in [-0.05, 0) is 39.5 Å². The Hall–Kier alpha value is -0.0900. The largest absolute Gasteiger partial charge is 0.356 e. The number of sulfonamides is 1. The van der Waals surface area contributed by atoms with Gasteiger partial charge in [-0.15, -0.1) is 24.0 Å². The predicted molar refractivity (Wildman–Crippen MR) is 115 cm³/mol. The zero-order chi connectivity index (χ0) is 18.2. The third-order valence-corrected chi connectivity index (χ3v) is 7.32. The van der Waals surface area contributed by atoms with E-state index in [1.54, 1.807) is 4.31 Å². The number of likely N-dealkylation sites (tertiary alicyclic amines) is 1. The number of aliphatic imine (C=N–C) groups is 1. The molecule has 2 fully saturated rings. The van der Waals surface area contributed by atoms with E-state index in [9.17, 15) is 8.42 Å². The molecule has 0 amide bonds.